The molecule has 0 aromatic heterocycles. The number of ether oxygens (including phenoxy) is 5. The maximum atomic E-state index is 13.3. The third-order valence-electron chi connectivity index (χ3n) is 9.83. The Bertz CT molecular complexity index is 1880. The summed E-state index contributed by atoms with van der Waals surface area (Å²) in [5, 5.41) is 0. The van der Waals surface area contributed by atoms with Crippen LogP contribution in [0.1, 0.15) is 45.5 Å². The summed E-state index contributed by atoms with van der Waals surface area (Å²) in [4.78, 5) is 17.6. The average molecular weight is 617 g/mol. The molecular weight excluding hydrogens is 580 g/mol. The number of amides is 1. The van der Waals surface area contributed by atoms with Gasteiger partial charge in [0.15, 0.2) is 34.5 Å². The van der Waals surface area contributed by atoms with Gasteiger partial charge in [-0.3, -0.25) is 9.69 Å². The summed E-state index contributed by atoms with van der Waals surface area (Å²) in [6, 6.07) is 20.3. The quantitative estimate of drug-likeness (QED) is 0.197. The van der Waals surface area contributed by atoms with Crippen LogP contribution in [-0.2, 0) is 30.5 Å². The fourth-order valence-electron chi connectivity index (χ4n) is 7.42. The first-order chi connectivity index (χ1) is 22.4. The van der Waals surface area contributed by atoms with Crippen molar-refractivity contribution in [2.45, 2.75) is 37.8 Å². The second kappa shape index (κ2) is 11.1. The van der Waals surface area contributed by atoms with E-state index in [0.29, 0.717) is 65.4 Å². The van der Waals surface area contributed by atoms with Crippen LogP contribution in [0.15, 0.2) is 73.3 Å². The molecule has 9 rings (SSSR count). The van der Waals surface area contributed by atoms with Gasteiger partial charge in [-0.05, 0) is 109 Å². The van der Waals surface area contributed by atoms with Crippen molar-refractivity contribution in [1.29, 1.82) is 0 Å². The number of likely N-dealkylation sites (N-methyl/N-ethyl adjacent to an activating group) is 1. The monoisotopic (exact) mass is 616 g/mol. The van der Waals surface area contributed by atoms with Gasteiger partial charge < -0.3 is 28.6 Å². The van der Waals surface area contributed by atoms with E-state index in [1.807, 2.05) is 41.3 Å². The molecule has 1 unspecified atom stereocenters. The van der Waals surface area contributed by atoms with Gasteiger partial charge in [-0.25, -0.2) is 0 Å². The summed E-state index contributed by atoms with van der Waals surface area (Å²) in [5.41, 5.74) is 6.67. The highest BCUT2D eigenvalue weighted by Gasteiger charge is 2.39. The van der Waals surface area contributed by atoms with E-state index in [4.69, 9.17) is 23.7 Å². The lowest BCUT2D eigenvalue weighted by Crippen LogP contribution is -2.40. The van der Waals surface area contributed by atoms with E-state index in [1.54, 1.807) is 14.2 Å². The highest BCUT2D eigenvalue weighted by atomic mass is 16.6. The molecule has 0 fully saturated rings. The smallest absolute Gasteiger partial charge is 0.246 e. The Kier molecular flexibility index (Phi) is 6.91. The predicted octanol–water partition coefficient (Wildman–Crippen LogP) is 7.33. The predicted molar refractivity (Wildman–Crippen MR) is 174 cm³/mol. The molecule has 0 saturated carbocycles. The van der Waals surface area contributed by atoms with Crippen molar-refractivity contribution in [3.63, 3.8) is 0 Å². The molecule has 0 aliphatic carbocycles. The fourth-order valence-corrected chi connectivity index (χ4v) is 7.42. The van der Waals surface area contributed by atoms with Crippen LogP contribution in [0.4, 0.5) is 0 Å². The van der Waals surface area contributed by atoms with E-state index in [0.717, 1.165) is 41.6 Å². The highest BCUT2D eigenvalue weighted by molar-refractivity contribution is 5.88. The molecule has 8 nitrogen and oxygen atoms in total. The van der Waals surface area contributed by atoms with Crippen molar-refractivity contribution in [3.8, 4) is 46.0 Å². The number of hydrogen-bond donors (Lipinski definition) is 0. The van der Waals surface area contributed by atoms with Gasteiger partial charge >= 0.3 is 0 Å². The fraction of sp³-hybridized carbons (Fsp3) is 0.289. The van der Waals surface area contributed by atoms with E-state index < -0.39 is 0 Å². The number of rotatable bonds is 3. The van der Waals surface area contributed by atoms with Crippen LogP contribution in [0.3, 0.4) is 0 Å². The van der Waals surface area contributed by atoms with Gasteiger partial charge in [0.2, 0.25) is 11.7 Å². The van der Waals surface area contributed by atoms with Gasteiger partial charge in [-0.2, -0.15) is 0 Å². The molecule has 1 amide bonds. The van der Waals surface area contributed by atoms with Crippen LogP contribution >= 0.6 is 0 Å². The van der Waals surface area contributed by atoms with Crippen molar-refractivity contribution < 1.29 is 28.5 Å². The maximum absolute atomic E-state index is 13.3. The number of carbonyl (C=O) groups excluding carboxylic acids is 1. The Labute approximate surface area is 268 Å². The molecule has 4 aromatic rings. The number of benzene rings is 4. The van der Waals surface area contributed by atoms with Gasteiger partial charge in [0.1, 0.15) is 5.75 Å². The largest absolute Gasteiger partial charge is 0.493 e. The van der Waals surface area contributed by atoms with Crippen molar-refractivity contribution >= 4 is 5.91 Å². The molecule has 2 atom stereocenters. The van der Waals surface area contributed by atoms with Gasteiger partial charge in [-0.1, -0.05) is 24.8 Å². The molecule has 0 spiro atoms. The van der Waals surface area contributed by atoms with Gasteiger partial charge in [0.05, 0.1) is 20.3 Å². The summed E-state index contributed by atoms with van der Waals surface area (Å²) in [5.74, 6) is 5.04. The molecule has 5 aliphatic heterocycles. The minimum Gasteiger partial charge on any atom is -0.493 e. The van der Waals surface area contributed by atoms with E-state index in [1.165, 1.54) is 17.2 Å². The minimum atomic E-state index is -0.307. The number of hydrogen-bond acceptors (Lipinski definition) is 7. The lowest BCUT2D eigenvalue weighted by atomic mass is 9.86. The SMILES string of the molecule is C=CC(=O)N1CCc2cc(OC)c3c4c2C1Cc1ccc(cc1)Oc1cc(ccc1OC)C[C@H]1c2cc(c(cc2CCN1C)O3)O4. The zero-order valence-corrected chi connectivity index (χ0v) is 26.3. The lowest BCUT2D eigenvalue weighted by Gasteiger charge is -2.40. The summed E-state index contributed by atoms with van der Waals surface area (Å²) < 4.78 is 31.5. The molecule has 4 aromatic carbocycles. The Hall–Kier alpha value is -4.95. The van der Waals surface area contributed by atoms with E-state index in [9.17, 15) is 4.79 Å². The Morgan fingerprint density at radius 1 is 0.783 bits per heavy atom. The summed E-state index contributed by atoms with van der Waals surface area (Å²) >= 11 is 0. The molecule has 46 heavy (non-hydrogen) atoms. The molecule has 8 heteroatoms. The highest BCUT2D eigenvalue weighted by Crippen LogP contribution is 2.57. The first-order valence-corrected chi connectivity index (χ1v) is 15.8. The molecule has 5 heterocycles. The molecular formula is C38H36N2O6. The van der Waals surface area contributed by atoms with Crippen LogP contribution < -0.4 is 23.7 Å². The Balaban J connectivity index is 1.34. The summed E-state index contributed by atoms with van der Waals surface area (Å²) in [6.07, 6.45) is 4.30. The number of nitrogens with zero attached hydrogens (tertiary/aromatic N) is 2. The maximum Gasteiger partial charge on any atom is 0.246 e. The first kappa shape index (κ1) is 28.5. The molecule has 0 radical (unpaired) electrons. The second-order valence-electron chi connectivity index (χ2n) is 12.4. The zero-order chi connectivity index (χ0) is 31.5. The Morgan fingerprint density at radius 2 is 1.50 bits per heavy atom. The standard InChI is InChI=1S/C38H36N2O6/c1-5-35(41)40-15-13-25-20-34(43-4)37-38-36(25)29(40)16-22-6-9-26(10-7-22)44-31-18-23(8-11-30(31)42-3)17-28-27-21-33(46-38)32(45-37)19-24(27)12-14-39(28)2/h5-11,18-21,28-29H,1,12-17H2,2-4H3/t28-,29?/m0/s1. The van der Waals surface area contributed by atoms with Crippen molar-refractivity contribution in [2.75, 3.05) is 34.4 Å². The normalized spacial score (nSPS) is 19.2. The van der Waals surface area contributed by atoms with E-state index in [2.05, 4.69) is 42.8 Å². The van der Waals surface area contributed by atoms with Crippen LogP contribution in [0, 0.1) is 0 Å². The Morgan fingerprint density at radius 3 is 2.28 bits per heavy atom. The minimum absolute atomic E-state index is 0.117. The third kappa shape index (κ3) is 4.67. The van der Waals surface area contributed by atoms with Crippen LogP contribution in [0.2, 0.25) is 0 Å². The van der Waals surface area contributed by atoms with Gasteiger partial charge in [0.25, 0.3) is 0 Å². The molecule has 7 bridgehead atoms. The van der Waals surface area contributed by atoms with Gasteiger partial charge in [-0.15, -0.1) is 0 Å². The second-order valence-corrected chi connectivity index (χ2v) is 12.4. The van der Waals surface area contributed by atoms with Gasteiger partial charge in [0, 0.05) is 24.7 Å². The van der Waals surface area contributed by atoms with Crippen molar-refractivity contribution in [1.82, 2.24) is 9.80 Å². The molecule has 0 N–H and O–H groups in total. The molecule has 5 aliphatic rings. The average Bonchev–Trinajstić information content (AvgIpc) is 3.08. The number of methoxy groups -OCH3 is 2. The van der Waals surface area contributed by atoms with Crippen molar-refractivity contribution in [2.24, 2.45) is 0 Å². The van der Waals surface area contributed by atoms with Crippen molar-refractivity contribution in [3.05, 3.63) is 107 Å². The van der Waals surface area contributed by atoms with E-state index >= 15 is 0 Å². The summed E-state index contributed by atoms with van der Waals surface area (Å²) in [6.45, 7) is 5.28. The van der Waals surface area contributed by atoms with Crippen LogP contribution in [-0.4, -0.2) is 50.1 Å². The summed E-state index contributed by atoms with van der Waals surface area (Å²) in [7, 11) is 5.49. The number of carbonyl (C=O) groups is 1. The third-order valence-corrected chi connectivity index (χ3v) is 9.83. The lowest BCUT2D eigenvalue weighted by molar-refractivity contribution is -0.128. The topological polar surface area (TPSA) is 69.7 Å². The zero-order valence-electron chi connectivity index (χ0n) is 26.3. The molecule has 0 saturated heterocycles. The van der Waals surface area contributed by atoms with E-state index in [-0.39, 0.29) is 18.0 Å². The first-order valence-electron chi connectivity index (χ1n) is 15.8. The van der Waals surface area contributed by atoms with Crippen LogP contribution in [0.25, 0.3) is 0 Å². The number of fused-ring (bicyclic) bond motifs is 2. The molecule has 234 valence electrons. The van der Waals surface area contributed by atoms with Crippen LogP contribution in [0.5, 0.6) is 46.0 Å².